The second-order valence-corrected chi connectivity index (χ2v) is 20.0. The molecule has 6 aliphatic heterocycles. The van der Waals surface area contributed by atoms with Crippen LogP contribution in [0.4, 0.5) is 0 Å². The van der Waals surface area contributed by atoms with E-state index >= 15 is 0 Å². The standard InChI is InChI=1S/C44H76O11/c1-24(2)40(46)49-22-28(6)37-25(3)13-14-32(50-37)19-33-20-34(48-12)31(9)44(52-33)30(8)21-42(11,55-44)36-15-16-41(10,53-36)39-27(5)18-35(51-39)38-26(4)17-29(7)43(47,23-45)54-38/h24-39,45,47H,13-23H2,1-12H3/t25-,26?,27-,28-,29?,30+,31+,32+,33+,34+,35+,36+,37+,38-,39+,41-,42-,43-,44?/m0/s1. The lowest BCUT2D eigenvalue weighted by Gasteiger charge is -2.50. The van der Waals surface area contributed by atoms with Gasteiger partial charge in [0, 0.05) is 43.6 Å². The summed E-state index contributed by atoms with van der Waals surface area (Å²) in [5.74, 6) is -1.78. The maximum absolute atomic E-state index is 12.2. The molecular weight excluding hydrogens is 704 g/mol. The van der Waals surface area contributed by atoms with Crippen LogP contribution in [0.25, 0.3) is 0 Å². The molecule has 55 heavy (non-hydrogen) atoms. The molecule has 2 N–H and O–H groups in total. The summed E-state index contributed by atoms with van der Waals surface area (Å²) >= 11 is 0. The van der Waals surface area contributed by atoms with E-state index in [1.807, 2.05) is 20.8 Å². The Morgan fingerprint density at radius 1 is 0.836 bits per heavy atom. The topological polar surface area (TPSA) is 131 Å². The first-order valence-electron chi connectivity index (χ1n) is 21.8. The molecular formula is C44H76O11. The van der Waals surface area contributed by atoms with Crippen LogP contribution in [0.3, 0.4) is 0 Å². The number of methoxy groups -OCH3 is 1. The number of aliphatic hydroxyl groups excluding tert-OH is 1. The van der Waals surface area contributed by atoms with Gasteiger partial charge in [-0.3, -0.25) is 4.79 Å². The van der Waals surface area contributed by atoms with Crippen molar-refractivity contribution in [2.24, 2.45) is 47.3 Å². The molecule has 19 atom stereocenters. The normalized spacial score (nSPS) is 51.2. The lowest BCUT2D eigenvalue weighted by molar-refractivity contribution is -0.353. The highest BCUT2D eigenvalue weighted by molar-refractivity contribution is 5.71. The van der Waals surface area contributed by atoms with Crippen LogP contribution in [0.2, 0.25) is 0 Å². The number of ether oxygens (including phenoxy) is 8. The fraction of sp³-hybridized carbons (Fsp3) is 0.977. The number of aliphatic hydroxyl groups is 2. The van der Waals surface area contributed by atoms with Gasteiger partial charge in [0.05, 0.1) is 79.2 Å². The quantitative estimate of drug-likeness (QED) is 0.214. The Labute approximate surface area is 331 Å². The van der Waals surface area contributed by atoms with Crippen molar-refractivity contribution in [1.82, 2.24) is 0 Å². The monoisotopic (exact) mass is 781 g/mol. The maximum Gasteiger partial charge on any atom is 0.308 e. The van der Waals surface area contributed by atoms with Gasteiger partial charge in [-0.15, -0.1) is 0 Å². The summed E-state index contributed by atoms with van der Waals surface area (Å²) in [5, 5.41) is 21.0. The maximum atomic E-state index is 12.2. The van der Waals surface area contributed by atoms with E-state index in [4.69, 9.17) is 37.9 Å². The first-order chi connectivity index (χ1) is 25.8. The first kappa shape index (κ1) is 43.7. The van der Waals surface area contributed by atoms with E-state index in [0.29, 0.717) is 12.5 Å². The Hall–Kier alpha value is -0.890. The largest absolute Gasteiger partial charge is 0.465 e. The van der Waals surface area contributed by atoms with Gasteiger partial charge in [-0.1, -0.05) is 62.3 Å². The minimum Gasteiger partial charge on any atom is -0.465 e. The van der Waals surface area contributed by atoms with Crippen LogP contribution in [0.1, 0.15) is 134 Å². The molecule has 318 valence electrons. The van der Waals surface area contributed by atoms with Gasteiger partial charge in [0.25, 0.3) is 0 Å². The number of hydrogen-bond donors (Lipinski definition) is 2. The van der Waals surface area contributed by atoms with Crippen LogP contribution in [-0.2, 0) is 42.7 Å². The number of rotatable bonds is 11. The molecule has 0 aliphatic carbocycles. The third kappa shape index (κ3) is 8.45. The molecule has 0 aromatic carbocycles. The van der Waals surface area contributed by atoms with E-state index in [2.05, 4.69) is 55.4 Å². The number of hydrogen-bond acceptors (Lipinski definition) is 11. The van der Waals surface area contributed by atoms with Crippen molar-refractivity contribution in [3.8, 4) is 0 Å². The van der Waals surface area contributed by atoms with Gasteiger partial charge in [0.1, 0.15) is 0 Å². The summed E-state index contributed by atoms with van der Waals surface area (Å²) in [6, 6.07) is 0. The molecule has 0 saturated carbocycles. The van der Waals surface area contributed by atoms with E-state index in [1.165, 1.54) is 0 Å². The molecule has 0 amide bonds. The van der Waals surface area contributed by atoms with Crippen LogP contribution < -0.4 is 0 Å². The Bertz CT molecular complexity index is 1310. The molecule has 0 radical (unpaired) electrons. The number of esters is 1. The Morgan fingerprint density at radius 2 is 1.56 bits per heavy atom. The summed E-state index contributed by atoms with van der Waals surface area (Å²) in [7, 11) is 1.80. The molecule has 11 heteroatoms. The van der Waals surface area contributed by atoms with Crippen molar-refractivity contribution in [1.29, 1.82) is 0 Å². The molecule has 6 aliphatic rings. The van der Waals surface area contributed by atoms with Crippen LogP contribution in [-0.4, -0.2) is 108 Å². The van der Waals surface area contributed by atoms with Crippen molar-refractivity contribution >= 4 is 5.97 Å². The summed E-state index contributed by atoms with van der Waals surface area (Å²) in [6.45, 7) is 23.2. The van der Waals surface area contributed by atoms with E-state index in [9.17, 15) is 15.0 Å². The first-order valence-corrected chi connectivity index (χ1v) is 21.8. The zero-order valence-corrected chi connectivity index (χ0v) is 36.1. The van der Waals surface area contributed by atoms with E-state index in [0.717, 1.165) is 57.8 Å². The summed E-state index contributed by atoms with van der Waals surface area (Å²) < 4.78 is 53.3. The van der Waals surface area contributed by atoms with Gasteiger partial charge in [-0.2, -0.15) is 0 Å². The molecule has 0 aromatic rings. The Kier molecular flexibility index (Phi) is 13.2. The number of carbonyl (C=O) groups is 1. The smallest absolute Gasteiger partial charge is 0.308 e. The summed E-state index contributed by atoms with van der Waals surface area (Å²) in [5.41, 5.74) is -1.07. The molecule has 0 bridgehead atoms. The third-order valence-electron chi connectivity index (χ3n) is 15.1. The highest BCUT2D eigenvalue weighted by Gasteiger charge is 2.65. The average molecular weight is 781 g/mol. The minimum absolute atomic E-state index is 0.0140. The zero-order valence-electron chi connectivity index (χ0n) is 36.1. The average Bonchev–Trinajstić information content (AvgIpc) is 3.81. The van der Waals surface area contributed by atoms with Crippen molar-refractivity contribution < 1.29 is 52.9 Å². The van der Waals surface area contributed by atoms with Crippen molar-refractivity contribution in [3.05, 3.63) is 0 Å². The number of carbonyl (C=O) groups excluding carboxylic acids is 1. The highest BCUT2D eigenvalue weighted by atomic mass is 16.7. The predicted octanol–water partition coefficient (Wildman–Crippen LogP) is 6.82. The van der Waals surface area contributed by atoms with Gasteiger partial charge in [0.2, 0.25) is 0 Å². The van der Waals surface area contributed by atoms with E-state index in [-0.39, 0.29) is 96.2 Å². The van der Waals surface area contributed by atoms with Crippen LogP contribution in [0.5, 0.6) is 0 Å². The SMILES string of the molecule is CO[C@@H]1C[C@@H](C[C@H]2CC[C@H](C)[C@H]([C@@H](C)COC(=O)C(C)C)O2)OC2(O[C@](C)([C@H]3CC[C@@](C)([C@@H]4O[C@@H]([C@H]5O[C@@](O)(CO)C(C)CC5C)C[C@@H]4C)O3)C[C@H]2C)[C@@H]1C. The van der Waals surface area contributed by atoms with Crippen molar-refractivity contribution in [2.45, 2.75) is 206 Å². The lowest BCUT2D eigenvalue weighted by Crippen LogP contribution is -2.58. The van der Waals surface area contributed by atoms with Crippen LogP contribution in [0, 0.1) is 47.3 Å². The molecule has 0 aromatic heterocycles. The molecule has 1 spiro atoms. The second kappa shape index (κ2) is 16.6. The highest BCUT2D eigenvalue weighted by Crippen LogP contribution is 2.57. The van der Waals surface area contributed by atoms with E-state index < -0.39 is 29.4 Å². The van der Waals surface area contributed by atoms with E-state index in [1.54, 1.807) is 7.11 Å². The van der Waals surface area contributed by atoms with Crippen LogP contribution in [0.15, 0.2) is 0 Å². The summed E-state index contributed by atoms with van der Waals surface area (Å²) in [6.07, 6.45) is 6.87. The Morgan fingerprint density at radius 3 is 2.24 bits per heavy atom. The third-order valence-corrected chi connectivity index (χ3v) is 15.1. The minimum atomic E-state index is -1.55. The van der Waals surface area contributed by atoms with Crippen molar-refractivity contribution in [3.63, 3.8) is 0 Å². The van der Waals surface area contributed by atoms with Gasteiger partial charge in [0.15, 0.2) is 11.6 Å². The van der Waals surface area contributed by atoms with Gasteiger partial charge >= 0.3 is 5.97 Å². The molecule has 6 rings (SSSR count). The fourth-order valence-corrected chi connectivity index (χ4v) is 11.7. The fourth-order valence-electron chi connectivity index (χ4n) is 11.7. The molecule has 6 fully saturated rings. The summed E-state index contributed by atoms with van der Waals surface area (Å²) in [4.78, 5) is 12.2. The van der Waals surface area contributed by atoms with Gasteiger partial charge < -0.3 is 48.1 Å². The van der Waals surface area contributed by atoms with Gasteiger partial charge in [-0.25, -0.2) is 0 Å². The molecule has 11 nitrogen and oxygen atoms in total. The molecule has 3 unspecified atom stereocenters. The molecule has 6 heterocycles. The van der Waals surface area contributed by atoms with Gasteiger partial charge in [-0.05, 0) is 76.5 Å². The second-order valence-electron chi connectivity index (χ2n) is 20.0. The predicted molar refractivity (Wildman–Crippen MR) is 207 cm³/mol. The lowest BCUT2D eigenvalue weighted by atomic mass is 9.78. The molecule has 6 saturated heterocycles. The van der Waals surface area contributed by atoms with Crippen molar-refractivity contribution in [2.75, 3.05) is 20.3 Å². The zero-order chi connectivity index (χ0) is 40.2. The Balaban J connectivity index is 1.11. The van der Waals surface area contributed by atoms with Crippen LogP contribution >= 0.6 is 0 Å².